The zero-order valence-electron chi connectivity index (χ0n) is 12.5. The summed E-state index contributed by atoms with van der Waals surface area (Å²) < 4.78 is 5.82. The summed E-state index contributed by atoms with van der Waals surface area (Å²) in [5.74, 6) is 0.197. The quantitative estimate of drug-likeness (QED) is 0.748. The normalized spacial score (nSPS) is 36.2. The van der Waals surface area contributed by atoms with Gasteiger partial charge in [0.05, 0.1) is 6.10 Å². The van der Waals surface area contributed by atoms with E-state index in [9.17, 15) is 4.79 Å². The van der Waals surface area contributed by atoms with Crippen LogP contribution in [0.25, 0.3) is 0 Å². The van der Waals surface area contributed by atoms with Crippen LogP contribution in [0.3, 0.4) is 0 Å². The van der Waals surface area contributed by atoms with E-state index >= 15 is 0 Å². The van der Waals surface area contributed by atoms with E-state index in [4.69, 9.17) is 10.5 Å². The Morgan fingerprint density at radius 2 is 2.16 bits per heavy atom. The minimum atomic E-state index is -0.760. The van der Waals surface area contributed by atoms with E-state index in [0.717, 1.165) is 45.3 Å². The fourth-order valence-corrected chi connectivity index (χ4v) is 3.76. The standard InChI is InChI=1S/C15H28N2O2/c1-4-5-6-9-17-13(18)15(16)11-8-7-10-19-12(11)14(15,2)3/h11-12H,4-10,16H2,1-3H3,(H,17,18). The van der Waals surface area contributed by atoms with Gasteiger partial charge < -0.3 is 15.8 Å². The fourth-order valence-electron chi connectivity index (χ4n) is 3.76. The average Bonchev–Trinajstić information content (AvgIpc) is 2.42. The highest BCUT2D eigenvalue weighted by Crippen LogP contribution is 2.57. The Morgan fingerprint density at radius 3 is 2.84 bits per heavy atom. The largest absolute Gasteiger partial charge is 0.377 e. The van der Waals surface area contributed by atoms with Gasteiger partial charge in [-0.1, -0.05) is 33.6 Å². The van der Waals surface area contributed by atoms with Crippen LogP contribution in [-0.4, -0.2) is 30.7 Å². The first-order chi connectivity index (χ1) is 8.96. The van der Waals surface area contributed by atoms with Gasteiger partial charge in [0, 0.05) is 24.5 Å². The number of nitrogens with one attached hydrogen (secondary N) is 1. The van der Waals surface area contributed by atoms with Crippen molar-refractivity contribution in [2.75, 3.05) is 13.2 Å². The average molecular weight is 268 g/mol. The molecule has 4 nitrogen and oxygen atoms in total. The molecule has 0 spiro atoms. The third-order valence-corrected chi connectivity index (χ3v) is 5.13. The van der Waals surface area contributed by atoms with E-state index in [1.165, 1.54) is 0 Å². The van der Waals surface area contributed by atoms with Crippen molar-refractivity contribution in [2.24, 2.45) is 17.1 Å². The molecule has 0 aromatic carbocycles. The van der Waals surface area contributed by atoms with Crippen LogP contribution < -0.4 is 11.1 Å². The summed E-state index contributed by atoms with van der Waals surface area (Å²) in [7, 11) is 0. The van der Waals surface area contributed by atoms with Gasteiger partial charge in [-0.25, -0.2) is 0 Å². The van der Waals surface area contributed by atoms with Crippen LogP contribution >= 0.6 is 0 Å². The summed E-state index contributed by atoms with van der Waals surface area (Å²) in [5.41, 5.74) is 5.47. The number of amides is 1. The second-order valence-electron chi connectivity index (χ2n) is 6.59. The van der Waals surface area contributed by atoms with Crippen molar-refractivity contribution >= 4 is 5.91 Å². The van der Waals surface area contributed by atoms with Crippen molar-refractivity contribution in [1.82, 2.24) is 5.32 Å². The zero-order chi connectivity index (χ0) is 14.1. The predicted molar refractivity (Wildman–Crippen MR) is 75.7 cm³/mol. The first kappa shape index (κ1) is 14.8. The molecule has 0 aromatic heterocycles. The molecule has 110 valence electrons. The van der Waals surface area contributed by atoms with Gasteiger partial charge in [-0.3, -0.25) is 4.79 Å². The van der Waals surface area contributed by atoms with Crippen molar-refractivity contribution in [1.29, 1.82) is 0 Å². The second-order valence-corrected chi connectivity index (χ2v) is 6.59. The molecule has 1 saturated carbocycles. The zero-order valence-corrected chi connectivity index (χ0v) is 12.5. The van der Waals surface area contributed by atoms with Gasteiger partial charge >= 0.3 is 0 Å². The molecule has 2 fully saturated rings. The number of nitrogens with two attached hydrogens (primary N) is 1. The molecule has 4 heteroatoms. The van der Waals surface area contributed by atoms with Gasteiger partial charge in [0.2, 0.25) is 5.91 Å². The van der Waals surface area contributed by atoms with E-state index in [1.54, 1.807) is 0 Å². The van der Waals surface area contributed by atoms with Gasteiger partial charge in [0.25, 0.3) is 0 Å². The summed E-state index contributed by atoms with van der Waals surface area (Å²) in [6.07, 6.45) is 5.51. The molecular weight excluding hydrogens is 240 g/mol. The van der Waals surface area contributed by atoms with Crippen LogP contribution in [0, 0.1) is 11.3 Å². The maximum absolute atomic E-state index is 12.5. The highest BCUT2D eigenvalue weighted by atomic mass is 16.5. The molecular formula is C15H28N2O2. The molecule has 19 heavy (non-hydrogen) atoms. The molecule has 1 amide bonds. The molecule has 0 bridgehead atoms. The third-order valence-electron chi connectivity index (χ3n) is 5.13. The van der Waals surface area contributed by atoms with Gasteiger partial charge in [-0.2, -0.15) is 0 Å². The van der Waals surface area contributed by atoms with Gasteiger partial charge in [-0.15, -0.1) is 0 Å². The Bertz CT molecular complexity index is 343. The van der Waals surface area contributed by atoms with Crippen molar-refractivity contribution in [3.05, 3.63) is 0 Å². The van der Waals surface area contributed by atoms with Gasteiger partial charge in [0.15, 0.2) is 0 Å². The number of unbranched alkanes of at least 4 members (excludes halogenated alkanes) is 2. The molecule has 0 aromatic rings. The Labute approximate surface area is 116 Å². The van der Waals surface area contributed by atoms with E-state index < -0.39 is 5.54 Å². The molecule has 1 aliphatic carbocycles. The Morgan fingerprint density at radius 1 is 1.42 bits per heavy atom. The highest BCUT2D eigenvalue weighted by molar-refractivity contribution is 5.89. The Kier molecular flexibility index (Phi) is 4.21. The lowest BCUT2D eigenvalue weighted by molar-refractivity contribution is -0.225. The molecule has 3 atom stereocenters. The maximum Gasteiger partial charge on any atom is 0.241 e. The van der Waals surface area contributed by atoms with Crippen LogP contribution in [0.1, 0.15) is 52.9 Å². The molecule has 2 rings (SSSR count). The Hall–Kier alpha value is -0.610. The fraction of sp³-hybridized carbons (Fsp3) is 0.933. The van der Waals surface area contributed by atoms with Gasteiger partial charge in [-0.05, 0) is 19.3 Å². The molecule has 3 unspecified atom stereocenters. The van der Waals surface area contributed by atoms with Crippen molar-refractivity contribution < 1.29 is 9.53 Å². The lowest BCUT2D eigenvalue weighted by atomic mass is 9.46. The highest BCUT2D eigenvalue weighted by Gasteiger charge is 2.70. The van der Waals surface area contributed by atoms with E-state index in [2.05, 4.69) is 26.1 Å². The molecule has 1 aliphatic heterocycles. The van der Waals surface area contributed by atoms with Crippen molar-refractivity contribution in [3.8, 4) is 0 Å². The maximum atomic E-state index is 12.5. The first-order valence-electron chi connectivity index (χ1n) is 7.65. The molecule has 2 aliphatic rings. The lowest BCUT2D eigenvalue weighted by Gasteiger charge is -2.65. The van der Waals surface area contributed by atoms with E-state index in [0.29, 0.717) is 0 Å². The molecule has 0 radical (unpaired) electrons. The van der Waals surface area contributed by atoms with Crippen LogP contribution in [0.5, 0.6) is 0 Å². The second kappa shape index (κ2) is 5.41. The van der Waals surface area contributed by atoms with Crippen molar-refractivity contribution in [2.45, 2.75) is 64.5 Å². The number of fused-ring (bicyclic) bond motifs is 1. The molecule has 3 N–H and O–H groups in total. The predicted octanol–water partition coefficient (Wildman–Crippen LogP) is 1.83. The minimum Gasteiger partial charge on any atom is -0.377 e. The van der Waals surface area contributed by atoms with E-state index in [-0.39, 0.29) is 23.3 Å². The lowest BCUT2D eigenvalue weighted by Crippen LogP contribution is -2.82. The summed E-state index contributed by atoms with van der Waals surface area (Å²) in [6.45, 7) is 7.82. The monoisotopic (exact) mass is 268 g/mol. The topological polar surface area (TPSA) is 64.4 Å². The summed E-state index contributed by atoms with van der Waals surface area (Å²) in [5, 5.41) is 3.03. The Balaban J connectivity index is 1.98. The number of hydrogen-bond acceptors (Lipinski definition) is 3. The van der Waals surface area contributed by atoms with E-state index in [1.807, 2.05) is 0 Å². The van der Waals surface area contributed by atoms with Crippen LogP contribution in [0.2, 0.25) is 0 Å². The van der Waals surface area contributed by atoms with Crippen LogP contribution in [0.4, 0.5) is 0 Å². The third kappa shape index (κ3) is 2.19. The smallest absolute Gasteiger partial charge is 0.241 e. The number of carbonyl (C=O) groups is 1. The van der Waals surface area contributed by atoms with Crippen LogP contribution in [-0.2, 0) is 9.53 Å². The SMILES string of the molecule is CCCCCNC(=O)C1(N)C2CCCOC2C1(C)C. The summed E-state index contributed by atoms with van der Waals surface area (Å²) in [6, 6.07) is 0. The van der Waals surface area contributed by atoms with Crippen molar-refractivity contribution in [3.63, 3.8) is 0 Å². The molecule has 1 heterocycles. The number of ether oxygens (including phenoxy) is 1. The summed E-state index contributed by atoms with van der Waals surface area (Å²) >= 11 is 0. The molecule has 1 saturated heterocycles. The number of carbonyl (C=O) groups excluding carboxylic acids is 1. The van der Waals surface area contributed by atoms with Crippen LogP contribution in [0.15, 0.2) is 0 Å². The minimum absolute atomic E-state index is 0.0142. The first-order valence-corrected chi connectivity index (χ1v) is 7.65. The number of hydrogen-bond donors (Lipinski definition) is 2. The number of rotatable bonds is 5. The van der Waals surface area contributed by atoms with Gasteiger partial charge in [0.1, 0.15) is 5.54 Å². The summed E-state index contributed by atoms with van der Waals surface area (Å²) in [4.78, 5) is 12.5.